The molecule has 0 spiro atoms. The molecule has 2 heterocycles. The van der Waals surface area contributed by atoms with Gasteiger partial charge in [-0.15, -0.1) is 0 Å². The number of benzene rings is 1. The summed E-state index contributed by atoms with van der Waals surface area (Å²) in [4.78, 5) is 15.1. The number of sulfonamides is 1. The molecule has 120 valence electrons. The average Bonchev–Trinajstić information content (AvgIpc) is 3.00. The number of anilines is 1. The van der Waals surface area contributed by atoms with E-state index in [0.29, 0.717) is 17.7 Å². The Morgan fingerprint density at radius 1 is 1.30 bits per heavy atom. The average molecular weight is 336 g/mol. The summed E-state index contributed by atoms with van der Waals surface area (Å²) in [5, 5.41) is 0. The summed E-state index contributed by atoms with van der Waals surface area (Å²) in [5.41, 5.74) is 0.733. The van der Waals surface area contributed by atoms with Gasteiger partial charge in [-0.1, -0.05) is 6.07 Å². The maximum absolute atomic E-state index is 13.8. The predicted octanol–water partition coefficient (Wildman–Crippen LogP) is 1.76. The third kappa shape index (κ3) is 2.55. The summed E-state index contributed by atoms with van der Waals surface area (Å²) in [6.07, 6.45) is 1.41. The molecule has 8 heteroatoms. The first-order valence-electron chi connectivity index (χ1n) is 6.79. The molecule has 0 bridgehead atoms. The number of ether oxygens (including phenoxy) is 1. The highest BCUT2D eigenvalue weighted by Gasteiger charge is 2.32. The lowest BCUT2D eigenvalue weighted by atomic mass is 10.1. The fraction of sp³-hybridized carbons (Fsp3) is 0.200. The molecule has 2 aromatic rings. The summed E-state index contributed by atoms with van der Waals surface area (Å²) >= 11 is 0. The van der Waals surface area contributed by atoms with Crippen LogP contribution in [0.2, 0.25) is 0 Å². The van der Waals surface area contributed by atoms with Crippen molar-refractivity contribution in [3.8, 4) is 0 Å². The van der Waals surface area contributed by atoms with Crippen molar-refractivity contribution in [2.75, 3.05) is 18.0 Å². The fourth-order valence-electron chi connectivity index (χ4n) is 2.50. The van der Waals surface area contributed by atoms with Gasteiger partial charge in [0.05, 0.1) is 12.8 Å². The summed E-state index contributed by atoms with van der Waals surface area (Å²) in [6.45, 7) is 0.164. The highest BCUT2D eigenvalue weighted by Crippen LogP contribution is 2.34. The van der Waals surface area contributed by atoms with Crippen molar-refractivity contribution in [1.29, 1.82) is 0 Å². The van der Waals surface area contributed by atoms with Crippen molar-refractivity contribution in [2.24, 2.45) is 0 Å². The molecule has 23 heavy (non-hydrogen) atoms. The minimum absolute atomic E-state index is 0.0133. The first-order valence-corrected chi connectivity index (χ1v) is 8.23. The molecule has 6 nitrogen and oxygen atoms in total. The summed E-state index contributed by atoms with van der Waals surface area (Å²) in [6, 6.07) is 6.91. The Bertz CT molecular complexity index is 866. The van der Waals surface area contributed by atoms with Crippen molar-refractivity contribution in [1.82, 2.24) is 4.98 Å². The van der Waals surface area contributed by atoms with E-state index in [4.69, 9.17) is 0 Å². The molecule has 0 saturated carbocycles. The number of esters is 1. The van der Waals surface area contributed by atoms with Crippen LogP contribution in [0.5, 0.6) is 0 Å². The molecule has 1 aliphatic heterocycles. The second-order valence-corrected chi connectivity index (χ2v) is 6.80. The molecular weight excluding hydrogens is 323 g/mol. The van der Waals surface area contributed by atoms with Crippen molar-refractivity contribution in [3.63, 3.8) is 0 Å². The zero-order chi connectivity index (χ0) is 16.6. The van der Waals surface area contributed by atoms with Crippen LogP contribution < -0.4 is 4.31 Å². The molecule has 0 amide bonds. The summed E-state index contributed by atoms with van der Waals surface area (Å²) < 4.78 is 44.8. The Kier molecular flexibility index (Phi) is 3.77. The van der Waals surface area contributed by atoms with Gasteiger partial charge in [0.1, 0.15) is 16.4 Å². The zero-order valence-electron chi connectivity index (χ0n) is 12.2. The minimum Gasteiger partial charge on any atom is -0.464 e. The zero-order valence-corrected chi connectivity index (χ0v) is 13.0. The molecule has 1 aliphatic rings. The van der Waals surface area contributed by atoms with Crippen LogP contribution in [0.1, 0.15) is 16.1 Å². The lowest BCUT2D eigenvalue weighted by Gasteiger charge is -2.19. The van der Waals surface area contributed by atoms with E-state index < -0.39 is 21.8 Å². The molecule has 0 saturated heterocycles. The van der Waals surface area contributed by atoms with Gasteiger partial charge >= 0.3 is 5.97 Å². The van der Waals surface area contributed by atoms with E-state index >= 15 is 0 Å². The van der Waals surface area contributed by atoms with E-state index in [9.17, 15) is 17.6 Å². The van der Waals surface area contributed by atoms with Gasteiger partial charge in [0.25, 0.3) is 10.0 Å². The molecule has 0 aliphatic carbocycles. The quantitative estimate of drug-likeness (QED) is 0.798. The van der Waals surface area contributed by atoms with Gasteiger partial charge < -0.3 is 4.74 Å². The van der Waals surface area contributed by atoms with Crippen LogP contribution in [0, 0.1) is 5.82 Å². The Morgan fingerprint density at radius 3 is 2.74 bits per heavy atom. The number of carbonyl (C=O) groups is 1. The second-order valence-electron chi connectivity index (χ2n) is 4.94. The first kappa shape index (κ1) is 15.4. The van der Waals surface area contributed by atoms with E-state index in [0.717, 1.165) is 10.5 Å². The molecule has 0 atom stereocenters. The SMILES string of the molecule is COC(=O)c1ccc(S(=O)(=O)N2CCc3c(F)cccc32)cn1. The van der Waals surface area contributed by atoms with Gasteiger partial charge in [-0.25, -0.2) is 22.6 Å². The van der Waals surface area contributed by atoms with Crippen LogP contribution >= 0.6 is 0 Å². The predicted molar refractivity (Wildman–Crippen MR) is 80.2 cm³/mol. The van der Waals surface area contributed by atoms with Crippen LogP contribution in [-0.2, 0) is 21.2 Å². The van der Waals surface area contributed by atoms with E-state index in [-0.39, 0.29) is 17.1 Å². The summed E-state index contributed by atoms with van der Waals surface area (Å²) in [5.74, 6) is -1.07. The normalized spacial score (nSPS) is 13.7. The van der Waals surface area contributed by atoms with Gasteiger partial charge in [0.15, 0.2) is 0 Å². The number of nitrogens with zero attached hydrogens (tertiary/aromatic N) is 2. The maximum Gasteiger partial charge on any atom is 0.356 e. The van der Waals surface area contributed by atoms with E-state index in [1.807, 2.05) is 0 Å². The largest absolute Gasteiger partial charge is 0.464 e. The Morgan fingerprint density at radius 2 is 2.09 bits per heavy atom. The van der Waals surface area contributed by atoms with E-state index in [1.54, 1.807) is 6.07 Å². The van der Waals surface area contributed by atoms with Crippen molar-refractivity contribution in [2.45, 2.75) is 11.3 Å². The number of fused-ring (bicyclic) bond motifs is 1. The molecule has 0 N–H and O–H groups in total. The first-order chi connectivity index (χ1) is 10.9. The van der Waals surface area contributed by atoms with Crippen molar-refractivity contribution in [3.05, 3.63) is 53.6 Å². The van der Waals surface area contributed by atoms with Gasteiger partial charge in [0, 0.05) is 18.3 Å². The lowest BCUT2D eigenvalue weighted by Crippen LogP contribution is -2.29. The van der Waals surface area contributed by atoms with Crippen molar-refractivity contribution >= 4 is 21.7 Å². The maximum atomic E-state index is 13.8. The van der Waals surface area contributed by atoms with Crippen LogP contribution in [0.25, 0.3) is 0 Å². The third-order valence-corrected chi connectivity index (χ3v) is 5.44. The second kappa shape index (κ2) is 5.62. The number of pyridine rings is 1. The monoisotopic (exact) mass is 336 g/mol. The molecule has 0 radical (unpaired) electrons. The number of carbonyl (C=O) groups excluding carboxylic acids is 1. The number of rotatable bonds is 3. The minimum atomic E-state index is -3.87. The summed E-state index contributed by atoms with van der Waals surface area (Å²) in [7, 11) is -2.65. The topological polar surface area (TPSA) is 76.6 Å². The third-order valence-electron chi connectivity index (χ3n) is 3.65. The van der Waals surface area contributed by atoms with Gasteiger partial charge in [-0.2, -0.15) is 0 Å². The molecule has 3 rings (SSSR count). The highest BCUT2D eigenvalue weighted by molar-refractivity contribution is 7.92. The molecule has 0 unspecified atom stereocenters. The number of methoxy groups -OCH3 is 1. The van der Waals surface area contributed by atoms with Gasteiger partial charge in [-0.3, -0.25) is 4.31 Å². The lowest BCUT2D eigenvalue weighted by molar-refractivity contribution is 0.0594. The van der Waals surface area contributed by atoms with Crippen LogP contribution in [0.3, 0.4) is 0 Å². The van der Waals surface area contributed by atoms with Gasteiger partial charge in [0.2, 0.25) is 0 Å². The molecular formula is C15H13FN2O4S. The smallest absolute Gasteiger partial charge is 0.356 e. The Labute approximate surface area is 132 Å². The van der Waals surface area contributed by atoms with Crippen molar-refractivity contribution < 1.29 is 22.3 Å². The van der Waals surface area contributed by atoms with Crippen LogP contribution in [0.15, 0.2) is 41.4 Å². The van der Waals surface area contributed by atoms with Crippen LogP contribution in [0.4, 0.5) is 10.1 Å². The fourth-order valence-corrected chi connectivity index (χ4v) is 3.94. The molecule has 0 fully saturated rings. The highest BCUT2D eigenvalue weighted by atomic mass is 32.2. The van der Waals surface area contributed by atoms with Crippen LogP contribution in [-0.4, -0.2) is 33.0 Å². The van der Waals surface area contributed by atoms with Gasteiger partial charge in [-0.05, 0) is 30.7 Å². The molecule has 1 aromatic carbocycles. The number of halogens is 1. The molecule has 1 aromatic heterocycles. The Balaban J connectivity index is 1.98. The standard InChI is InChI=1S/C15H13FN2O4S/c1-22-15(19)13-6-5-10(9-17-13)23(20,21)18-8-7-11-12(16)3-2-4-14(11)18/h2-6,9H,7-8H2,1H3. The number of hydrogen-bond donors (Lipinski definition) is 0. The van der Waals surface area contributed by atoms with E-state index in [1.165, 1.54) is 31.4 Å². The number of aromatic nitrogens is 1. The van der Waals surface area contributed by atoms with E-state index in [2.05, 4.69) is 9.72 Å². The Hall–Kier alpha value is -2.48. The number of hydrogen-bond acceptors (Lipinski definition) is 5.